The largest absolute Gasteiger partial charge is 0.345 e. The molecule has 0 saturated heterocycles. The Kier molecular flexibility index (Phi) is 4.24. The summed E-state index contributed by atoms with van der Waals surface area (Å²) in [5.74, 6) is -0.328. The molecule has 5 heteroatoms. The van der Waals surface area contributed by atoms with Crippen LogP contribution in [0.25, 0.3) is 0 Å². The normalized spacial score (nSPS) is 9.73. The van der Waals surface area contributed by atoms with Crippen molar-refractivity contribution >= 4 is 23.3 Å². The molecule has 4 nitrogen and oxygen atoms in total. The summed E-state index contributed by atoms with van der Waals surface area (Å²) in [6.45, 7) is 1.80. The van der Waals surface area contributed by atoms with Crippen LogP contribution in [-0.2, 0) is 4.79 Å². The summed E-state index contributed by atoms with van der Waals surface area (Å²) in [4.78, 5) is 26.1. The van der Waals surface area contributed by atoms with Gasteiger partial charge in [-0.3, -0.25) is 9.59 Å². The summed E-state index contributed by atoms with van der Waals surface area (Å²) in [7, 11) is 0. The fourth-order valence-corrected chi connectivity index (χ4v) is 1.03. The number of carbonyl (C=O) groups is 2. The van der Waals surface area contributed by atoms with Gasteiger partial charge in [0.15, 0.2) is 5.78 Å². The number of amides is 1. The van der Waals surface area contributed by atoms with Gasteiger partial charge in [0, 0.05) is 12.6 Å². The van der Waals surface area contributed by atoms with Gasteiger partial charge in [0.05, 0.1) is 12.1 Å². The van der Waals surface area contributed by atoms with Crippen molar-refractivity contribution in [1.29, 1.82) is 0 Å². The third kappa shape index (κ3) is 3.67. The number of nitrogens with one attached hydrogen (secondary N) is 1. The quantitative estimate of drug-likeness (QED) is 0.791. The molecule has 0 spiro atoms. The molecule has 0 bridgehead atoms. The van der Waals surface area contributed by atoms with Gasteiger partial charge >= 0.3 is 0 Å². The lowest BCUT2D eigenvalue weighted by atomic mass is 10.2. The molecule has 0 unspecified atom stereocenters. The van der Waals surface area contributed by atoms with Crippen molar-refractivity contribution in [1.82, 2.24) is 10.3 Å². The number of rotatable bonds is 4. The van der Waals surface area contributed by atoms with E-state index in [1.807, 2.05) is 0 Å². The van der Waals surface area contributed by atoms with E-state index < -0.39 is 0 Å². The number of halogens is 1. The summed E-state index contributed by atoms with van der Waals surface area (Å²) in [6, 6.07) is 3.08. The number of hydrogen-bond acceptors (Lipinski definition) is 3. The van der Waals surface area contributed by atoms with E-state index in [2.05, 4.69) is 10.3 Å². The van der Waals surface area contributed by atoms with Gasteiger partial charge < -0.3 is 5.32 Å². The Balaban J connectivity index is 2.54. The number of Topliss-reactive ketones (excluding diaryl/α,β-unsaturated/α-hetero) is 1. The van der Waals surface area contributed by atoms with Gasteiger partial charge in [-0.15, -0.1) is 0 Å². The Morgan fingerprint density at radius 1 is 1.47 bits per heavy atom. The first kappa shape index (κ1) is 11.7. The second-order valence-corrected chi connectivity index (χ2v) is 3.33. The minimum Gasteiger partial charge on any atom is -0.345 e. The molecule has 1 N–H and O–H groups in total. The van der Waals surface area contributed by atoms with Crippen molar-refractivity contribution in [2.75, 3.05) is 6.54 Å². The van der Waals surface area contributed by atoms with E-state index in [1.54, 1.807) is 13.0 Å². The minimum atomic E-state index is -0.319. The molecule has 0 aliphatic heterocycles. The maximum absolute atomic E-state index is 11.4. The van der Waals surface area contributed by atoms with Crippen molar-refractivity contribution in [3.05, 3.63) is 29.0 Å². The van der Waals surface area contributed by atoms with Crippen LogP contribution in [0.15, 0.2) is 18.3 Å². The van der Waals surface area contributed by atoms with Crippen LogP contribution >= 0.6 is 11.6 Å². The van der Waals surface area contributed by atoms with Crippen molar-refractivity contribution < 1.29 is 9.59 Å². The lowest BCUT2D eigenvalue weighted by Gasteiger charge is -2.02. The molecule has 1 aromatic rings. The smallest absolute Gasteiger partial charge is 0.253 e. The molecule has 1 heterocycles. The van der Waals surface area contributed by atoms with Crippen molar-refractivity contribution in [3.8, 4) is 0 Å². The summed E-state index contributed by atoms with van der Waals surface area (Å²) in [5, 5.41) is 2.83. The van der Waals surface area contributed by atoms with Crippen molar-refractivity contribution in [3.63, 3.8) is 0 Å². The van der Waals surface area contributed by atoms with Gasteiger partial charge in [-0.1, -0.05) is 18.5 Å². The average molecular weight is 227 g/mol. The summed E-state index contributed by atoms with van der Waals surface area (Å²) in [6.07, 6.45) is 1.78. The first-order valence-electron chi connectivity index (χ1n) is 4.55. The van der Waals surface area contributed by atoms with E-state index in [1.165, 1.54) is 12.3 Å². The van der Waals surface area contributed by atoms with Crippen LogP contribution in [0.3, 0.4) is 0 Å². The van der Waals surface area contributed by atoms with E-state index in [0.717, 1.165) is 0 Å². The number of aromatic nitrogens is 1. The molecule has 80 valence electrons. The molecule has 0 atom stereocenters. The lowest BCUT2D eigenvalue weighted by molar-refractivity contribution is -0.117. The van der Waals surface area contributed by atoms with Gasteiger partial charge in [0.1, 0.15) is 5.15 Å². The Morgan fingerprint density at radius 2 is 2.20 bits per heavy atom. The van der Waals surface area contributed by atoms with Crippen LogP contribution < -0.4 is 5.32 Å². The minimum absolute atomic E-state index is 0.00901. The Labute approximate surface area is 92.7 Å². The SMILES string of the molecule is CCC(=O)CNC(=O)c1ccc(Cl)nc1. The second-order valence-electron chi connectivity index (χ2n) is 2.94. The lowest BCUT2D eigenvalue weighted by Crippen LogP contribution is -2.29. The average Bonchev–Trinajstić information content (AvgIpc) is 2.26. The third-order valence-corrected chi connectivity index (χ3v) is 2.05. The molecule has 0 aromatic carbocycles. The highest BCUT2D eigenvalue weighted by molar-refractivity contribution is 6.29. The van der Waals surface area contributed by atoms with Crippen LogP contribution in [0.5, 0.6) is 0 Å². The van der Waals surface area contributed by atoms with Gasteiger partial charge in [-0.2, -0.15) is 0 Å². The van der Waals surface area contributed by atoms with Crippen LogP contribution in [-0.4, -0.2) is 23.2 Å². The highest BCUT2D eigenvalue weighted by Gasteiger charge is 2.06. The number of ketones is 1. The zero-order valence-corrected chi connectivity index (χ0v) is 9.04. The van der Waals surface area contributed by atoms with Crippen LogP contribution in [0.1, 0.15) is 23.7 Å². The standard InChI is InChI=1S/C10H11ClN2O2/c1-2-8(14)6-13-10(15)7-3-4-9(11)12-5-7/h3-5H,2,6H2,1H3,(H,13,15). The highest BCUT2D eigenvalue weighted by atomic mass is 35.5. The van der Waals surface area contributed by atoms with Crippen LogP contribution in [0, 0.1) is 0 Å². The topological polar surface area (TPSA) is 59.1 Å². The van der Waals surface area contributed by atoms with Gasteiger partial charge in [0.25, 0.3) is 5.91 Å². The first-order chi connectivity index (χ1) is 7.13. The van der Waals surface area contributed by atoms with E-state index >= 15 is 0 Å². The number of carbonyl (C=O) groups excluding carboxylic acids is 2. The summed E-state index contributed by atoms with van der Waals surface area (Å²) in [5.41, 5.74) is 0.392. The summed E-state index contributed by atoms with van der Waals surface area (Å²) < 4.78 is 0. The van der Waals surface area contributed by atoms with Gasteiger partial charge in [-0.25, -0.2) is 4.98 Å². The first-order valence-corrected chi connectivity index (χ1v) is 4.92. The predicted octanol–water partition coefficient (Wildman–Crippen LogP) is 1.44. The van der Waals surface area contributed by atoms with Crippen LogP contribution in [0.4, 0.5) is 0 Å². The molecule has 0 saturated carbocycles. The fourth-order valence-electron chi connectivity index (χ4n) is 0.916. The van der Waals surface area contributed by atoms with Crippen molar-refractivity contribution in [2.45, 2.75) is 13.3 Å². The van der Waals surface area contributed by atoms with Gasteiger partial charge in [-0.05, 0) is 12.1 Å². The predicted molar refractivity (Wildman–Crippen MR) is 56.9 cm³/mol. The van der Waals surface area contributed by atoms with Gasteiger partial charge in [0.2, 0.25) is 0 Å². The van der Waals surface area contributed by atoms with E-state index in [-0.39, 0.29) is 18.2 Å². The molecule has 1 amide bonds. The van der Waals surface area contributed by atoms with Crippen LogP contribution in [0.2, 0.25) is 5.15 Å². The molecule has 1 rings (SSSR count). The molecule has 15 heavy (non-hydrogen) atoms. The number of nitrogens with zero attached hydrogens (tertiary/aromatic N) is 1. The zero-order valence-electron chi connectivity index (χ0n) is 8.29. The molecule has 0 aliphatic carbocycles. The highest BCUT2D eigenvalue weighted by Crippen LogP contribution is 2.04. The second kappa shape index (κ2) is 5.46. The third-order valence-electron chi connectivity index (χ3n) is 1.83. The molecule has 1 aromatic heterocycles. The van der Waals surface area contributed by atoms with Crippen molar-refractivity contribution in [2.24, 2.45) is 0 Å². The molecule has 0 fully saturated rings. The molecular formula is C10H11ClN2O2. The number of hydrogen-bond donors (Lipinski definition) is 1. The molecular weight excluding hydrogens is 216 g/mol. The maximum atomic E-state index is 11.4. The monoisotopic (exact) mass is 226 g/mol. The Hall–Kier alpha value is -1.42. The Morgan fingerprint density at radius 3 is 2.73 bits per heavy atom. The summed E-state index contributed by atoms with van der Waals surface area (Å²) >= 11 is 5.57. The Bertz CT molecular complexity index is 362. The van der Waals surface area contributed by atoms with E-state index in [9.17, 15) is 9.59 Å². The molecule has 0 radical (unpaired) electrons. The zero-order chi connectivity index (χ0) is 11.3. The van der Waals surface area contributed by atoms with E-state index in [0.29, 0.717) is 17.1 Å². The molecule has 0 aliphatic rings. The number of pyridine rings is 1. The fraction of sp³-hybridized carbons (Fsp3) is 0.300. The maximum Gasteiger partial charge on any atom is 0.253 e. The van der Waals surface area contributed by atoms with E-state index in [4.69, 9.17) is 11.6 Å².